The number of benzene rings is 1. The maximum absolute atomic E-state index is 12.1. The van der Waals surface area contributed by atoms with Gasteiger partial charge in [-0.3, -0.25) is 4.79 Å². The van der Waals surface area contributed by atoms with Crippen molar-refractivity contribution in [2.24, 2.45) is 4.99 Å². The first-order valence-electron chi connectivity index (χ1n) is 7.38. The Morgan fingerprint density at radius 1 is 1.35 bits per heavy atom. The lowest BCUT2D eigenvalue weighted by atomic mass is 10.0. The summed E-state index contributed by atoms with van der Waals surface area (Å²) in [5.41, 5.74) is 1.49. The largest absolute Gasteiger partial charge is 0.475 e. The van der Waals surface area contributed by atoms with E-state index in [2.05, 4.69) is 11.9 Å². The number of carbonyl (C=O) groups is 1. The normalized spacial score (nSPS) is 16.6. The topological polar surface area (TPSA) is 38.7 Å². The zero-order valence-corrected chi connectivity index (χ0v) is 12.6. The third-order valence-electron chi connectivity index (χ3n) is 3.41. The fourth-order valence-corrected chi connectivity index (χ4v) is 2.24. The molecule has 1 aliphatic rings. The second-order valence-electron chi connectivity index (χ2n) is 5.98. The lowest BCUT2D eigenvalue weighted by molar-refractivity contribution is 0.0979. The van der Waals surface area contributed by atoms with Crippen molar-refractivity contribution in [2.45, 2.75) is 52.0 Å². The molecule has 3 nitrogen and oxygen atoms in total. The molecule has 3 heteroatoms. The Morgan fingerprint density at radius 3 is 2.80 bits per heavy atom. The first-order chi connectivity index (χ1) is 9.52. The molecule has 1 aromatic carbocycles. The molecule has 0 N–H and O–H groups in total. The van der Waals surface area contributed by atoms with E-state index >= 15 is 0 Å². The molecular weight excluding hydrogens is 250 g/mol. The molecule has 1 aliphatic heterocycles. The quantitative estimate of drug-likeness (QED) is 0.580. The van der Waals surface area contributed by atoms with Crippen molar-refractivity contribution in [2.75, 3.05) is 6.61 Å². The third-order valence-corrected chi connectivity index (χ3v) is 3.41. The molecule has 0 spiro atoms. The third kappa shape index (κ3) is 3.69. The van der Waals surface area contributed by atoms with Crippen LogP contribution in [0.25, 0.3) is 0 Å². The van der Waals surface area contributed by atoms with Gasteiger partial charge in [-0.25, -0.2) is 4.99 Å². The number of hydrogen-bond acceptors (Lipinski definition) is 3. The van der Waals surface area contributed by atoms with Gasteiger partial charge in [0.2, 0.25) is 5.90 Å². The fourth-order valence-electron chi connectivity index (χ4n) is 2.24. The molecule has 1 heterocycles. The first kappa shape index (κ1) is 14.8. The molecule has 0 saturated carbocycles. The van der Waals surface area contributed by atoms with Crippen LogP contribution >= 0.6 is 0 Å². The highest BCUT2D eigenvalue weighted by molar-refractivity contribution is 6.01. The van der Waals surface area contributed by atoms with Gasteiger partial charge in [0.1, 0.15) is 6.61 Å². The predicted octanol–water partition coefficient (Wildman–Crippen LogP) is 4.01. The number of unbranched alkanes of at least 4 members (excludes halogenated alkanes) is 2. The maximum Gasteiger partial charge on any atom is 0.216 e. The van der Waals surface area contributed by atoms with Crippen molar-refractivity contribution in [1.29, 1.82) is 0 Å². The highest BCUT2D eigenvalue weighted by Gasteiger charge is 2.27. The van der Waals surface area contributed by atoms with Crippen molar-refractivity contribution < 1.29 is 9.53 Å². The van der Waals surface area contributed by atoms with Gasteiger partial charge in [-0.15, -0.1) is 0 Å². The molecule has 0 unspecified atom stereocenters. The second kappa shape index (κ2) is 6.21. The molecule has 0 bridgehead atoms. The van der Waals surface area contributed by atoms with Gasteiger partial charge >= 0.3 is 0 Å². The van der Waals surface area contributed by atoms with Crippen LogP contribution in [0.3, 0.4) is 0 Å². The average Bonchev–Trinajstić information content (AvgIpc) is 2.79. The van der Waals surface area contributed by atoms with Crippen LogP contribution in [0.15, 0.2) is 29.3 Å². The number of ketones is 1. The molecule has 0 fully saturated rings. The smallest absolute Gasteiger partial charge is 0.216 e. The van der Waals surface area contributed by atoms with E-state index < -0.39 is 0 Å². The van der Waals surface area contributed by atoms with Gasteiger partial charge in [0.05, 0.1) is 5.54 Å². The number of Topliss-reactive ketones (excluding diaryl/α,β-unsaturated/α-hetero) is 1. The lowest BCUT2D eigenvalue weighted by Crippen LogP contribution is -2.17. The Balaban J connectivity index is 2.10. The zero-order valence-electron chi connectivity index (χ0n) is 12.6. The van der Waals surface area contributed by atoms with Crippen LogP contribution < -0.4 is 0 Å². The Hall–Kier alpha value is -1.64. The number of carbonyl (C=O) groups excluding carboxylic acids is 1. The summed E-state index contributed by atoms with van der Waals surface area (Å²) in [5, 5.41) is 0. The van der Waals surface area contributed by atoms with Gasteiger partial charge in [0.25, 0.3) is 0 Å². The van der Waals surface area contributed by atoms with E-state index in [9.17, 15) is 4.79 Å². The minimum atomic E-state index is -0.170. The molecule has 1 aromatic rings. The van der Waals surface area contributed by atoms with E-state index in [1.807, 2.05) is 38.1 Å². The summed E-state index contributed by atoms with van der Waals surface area (Å²) in [6, 6.07) is 7.62. The number of rotatable bonds is 6. The summed E-state index contributed by atoms with van der Waals surface area (Å²) in [5.74, 6) is 0.858. The minimum Gasteiger partial charge on any atom is -0.475 e. The van der Waals surface area contributed by atoms with Gasteiger partial charge < -0.3 is 4.74 Å². The molecule has 0 atom stereocenters. The fraction of sp³-hybridized carbons (Fsp3) is 0.529. The van der Waals surface area contributed by atoms with E-state index in [1.54, 1.807) is 0 Å². The maximum atomic E-state index is 12.1. The van der Waals surface area contributed by atoms with E-state index in [4.69, 9.17) is 4.74 Å². The number of aliphatic imine (C=N–C) groups is 1. The predicted molar refractivity (Wildman–Crippen MR) is 81.5 cm³/mol. The van der Waals surface area contributed by atoms with E-state index in [-0.39, 0.29) is 11.3 Å². The van der Waals surface area contributed by atoms with Crippen molar-refractivity contribution in [3.63, 3.8) is 0 Å². The van der Waals surface area contributed by atoms with Gasteiger partial charge in [-0.05, 0) is 32.4 Å². The summed E-state index contributed by atoms with van der Waals surface area (Å²) >= 11 is 0. The first-order valence-corrected chi connectivity index (χ1v) is 7.38. The summed E-state index contributed by atoms with van der Waals surface area (Å²) in [4.78, 5) is 16.7. The summed E-state index contributed by atoms with van der Waals surface area (Å²) in [6.07, 6.45) is 3.82. The Labute approximate surface area is 121 Å². The molecule has 20 heavy (non-hydrogen) atoms. The second-order valence-corrected chi connectivity index (χ2v) is 5.98. The molecule has 0 aliphatic carbocycles. The standard InChI is InChI=1S/C17H23NO2/c1-4-5-6-10-15(19)13-8-7-9-14(11-13)16-18-17(2,3)12-20-16/h7-9,11H,4-6,10,12H2,1-3H3. The van der Waals surface area contributed by atoms with Gasteiger partial charge in [0, 0.05) is 17.5 Å². The van der Waals surface area contributed by atoms with Crippen LogP contribution in [-0.2, 0) is 4.74 Å². The van der Waals surface area contributed by atoms with Crippen molar-refractivity contribution >= 4 is 11.7 Å². The molecule has 2 rings (SSSR count). The van der Waals surface area contributed by atoms with Crippen LogP contribution in [0.1, 0.15) is 62.4 Å². The zero-order chi connectivity index (χ0) is 14.6. The molecule has 108 valence electrons. The van der Waals surface area contributed by atoms with Gasteiger partial charge in [-0.1, -0.05) is 31.9 Å². The lowest BCUT2D eigenvalue weighted by Gasteiger charge is -2.07. The van der Waals surface area contributed by atoms with E-state index in [0.29, 0.717) is 18.9 Å². The van der Waals surface area contributed by atoms with E-state index in [1.165, 1.54) is 0 Å². The van der Waals surface area contributed by atoms with Crippen molar-refractivity contribution in [3.8, 4) is 0 Å². The molecule has 0 radical (unpaired) electrons. The van der Waals surface area contributed by atoms with Crippen LogP contribution in [-0.4, -0.2) is 23.8 Å². The SMILES string of the molecule is CCCCCC(=O)c1cccc(C2=NC(C)(C)CO2)c1. The van der Waals surface area contributed by atoms with Crippen LogP contribution in [0.4, 0.5) is 0 Å². The Morgan fingerprint density at radius 2 is 2.15 bits per heavy atom. The highest BCUT2D eigenvalue weighted by atomic mass is 16.5. The number of hydrogen-bond donors (Lipinski definition) is 0. The van der Waals surface area contributed by atoms with Gasteiger partial charge in [-0.2, -0.15) is 0 Å². The Kier molecular flexibility index (Phi) is 4.58. The van der Waals surface area contributed by atoms with Crippen LogP contribution in [0.2, 0.25) is 0 Å². The minimum absolute atomic E-state index is 0.170. The van der Waals surface area contributed by atoms with Crippen molar-refractivity contribution in [3.05, 3.63) is 35.4 Å². The van der Waals surface area contributed by atoms with E-state index in [0.717, 1.165) is 30.4 Å². The molecular formula is C17H23NO2. The highest BCUT2D eigenvalue weighted by Crippen LogP contribution is 2.21. The molecule has 0 saturated heterocycles. The summed E-state index contributed by atoms with van der Waals surface area (Å²) < 4.78 is 5.63. The summed E-state index contributed by atoms with van der Waals surface area (Å²) in [7, 11) is 0. The summed E-state index contributed by atoms with van der Waals surface area (Å²) in [6.45, 7) is 6.82. The number of ether oxygens (including phenoxy) is 1. The van der Waals surface area contributed by atoms with Gasteiger partial charge in [0.15, 0.2) is 5.78 Å². The Bertz CT molecular complexity index is 517. The van der Waals surface area contributed by atoms with Crippen LogP contribution in [0, 0.1) is 0 Å². The molecule has 0 amide bonds. The average molecular weight is 273 g/mol. The number of nitrogens with zero attached hydrogens (tertiary/aromatic N) is 1. The van der Waals surface area contributed by atoms with Crippen LogP contribution in [0.5, 0.6) is 0 Å². The van der Waals surface area contributed by atoms with Crippen molar-refractivity contribution in [1.82, 2.24) is 0 Å². The monoisotopic (exact) mass is 273 g/mol. The molecule has 0 aromatic heterocycles.